The number of alkyl carbamates (subject to hydrolysis) is 1. The van der Waals surface area contributed by atoms with E-state index < -0.39 is 23.0 Å². The SMILES string of the molecule is NC(=O)[C@@H](Cc1ccc([N+](=O)[O-])cc1)NC(=O)CCCCCNC(=O)OCc1ccccc1. The molecule has 0 saturated carbocycles. The van der Waals surface area contributed by atoms with Gasteiger partial charge in [-0.2, -0.15) is 0 Å². The summed E-state index contributed by atoms with van der Waals surface area (Å²) < 4.78 is 5.11. The van der Waals surface area contributed by atoms with E-state index in [4.69, 9.17) is 10.5 Å². The van der Waals surface area contributed by atoms with Crippen LogP contribution in [0.1, 0.15) is 36.8 Å². The van der Waals surface area contributed by atoms with Crippen LogP contribution in [0.4, 0.5) is 10.5 Å². The maximum atomic E-state index is 12.2. The maximum absolute atomic E-state index is 12.2. The first-order valence-electron chi connectivity index (χ1n) is 10.6. The quantitative estimate of drug-likeness (QED) is 0.239. The van der Waals surface area contributed by atoms with Crippen molar-refractivity contribution in [3.8, 4) is 0 Å². The lowest BCUT2D eigenvalue weighted by Gasteiger charge is -2.15. The predicted octanol–water partition coefficient (Wildman–Crippen LogP) is 2.59. The van der Waals surface area contributed by atoms with Crippen molar-refractivity contribution in [3.63, 3.8) is 0 Å². The molecule has 0 saturated heterocycles. The largest absolute Gasteiger partial charge is 0.445 e. The molecule has 0 radical (unpaired) electrons. The van der Waals surface area contributed by atoms with Crippen LogP contribution in [0.25, 0.3) is 0 Å². The van der Waals surface area contributed by atoms with E-state index in [1.807, 2.05) is 30.3 Å². The second-order valence-electron chi connectivity index (χ2n) is 7.45. The van der Waals surface area contributed by atoms with Gasteiger partial charge < -0.3 is 21.1 Å². The molecule has 10 heteroatoms. The second-order valence-corrected chi connectivity index (χ2v) is 7.45. The number of carbonyl (C=O) groups is 3. The zero-order valence-electron chi connectivity index (χ0n) is 18.2. The normalized spacial score (nSPS) is 11.3. The van der Waals surface area contributed by atoms with E-state index in [0.717, 1.165) is 5.56 Å². The molecule has 3 amide bonds. The van der Waals surface area contributed by atoms with Gasteiger partial charge in [0.05, 0.1) is 4.92 Å². The number of primary amides is 1. The molecule has 2 rings (SSSR count). The fraction of sp³-hybridized carbons (Fsp3) is 0.348. The van der Waals surface area contributed by atoms with Crippen LogP contribution in [0.15, 0.2) is 54.6 Å². The molecule has 0 aromatic heterocycles. The molecule has 176 valence electrons. The minimum atomic E-state index is -0.903. The number of nitrogens with zero attached hydrogens (tertiary/aromatic N) is 1. The van der Waals surface area contributed by atoms with Gasteiger partial charge in [-0.3, -0.25) is 19.7 Å². The van der Waals surface area contributed by atoms with Gasteiger partial charge >= 0.3 is 6.09 Å². The van der Waals surface area contributed by atoms with Crippen LogP contribution in [0, 0.1) is 10.1 Å². The highest BCUT2D eigenvalue weighted by Gasteiger charge is 2.19. The Labute approximate surface area is 191 Å². The summed E-state index contributed by atoms with van der Waals surface area (Å²) >= 11 is 0. The number of nitrogens with two attached hydrogens (primary N) is 1. The predicted molar refractivity (Wildman–Crippen MR) is 121 cm³/mol. The number of unbranched alkanes of at least 4 members (excludes halogenated alkanes) is 2. The number of hydrogen-bond donors (Lipinski definition) is 3. The van der Waals surface area contributed by atoms with Crippen molar-refractivity contribution >= 4 is 23.6 Å². The van der Waals surface area contributed by atoms with Crippen molar-refractivity contribution in [1.29, 1.82) is 0 Å². The molecule has 0 spiro atoms. The number of hydrogen-bond acceptors (Lipinski definition) is 6. The molecule has 0 aliphatic carbocycles. The fourth-order valence-corrected chi connectivity index (χ4v) is 3.03. The number of nitro benzene ring substituents is 1. The van der Waals surface area contributed by atoms with Crippen LogP contribution in [0.5, 0.6) is 0 Å². The van der Waals surface area contributed by atoms with Gasteiger partial charge in [0.25, 0.3) is 5.69 Å². The van der Waals surface area contributed by atoms with Gasteiger partial charge in [-0.05, 0) is 24.0 Å². The highest BCUT2D eigenvalue weighted by Crippen LogP contribution is 2.13. The molecule has 0 aliphatic rings. The molecule has 2 aromatic carbocycles. The van der Waals surface area contributed by atoms with Crippen molar-refractivity contribution in [2.75, 3.05) is 6.54 Å². The number of benzene rings is 2. The number of carbonyl (C=O) groups excluding carboxylic acids is 3. The van der Waals surface area contributed by atoms with Crippen LogP contribution in [-0.4, -0.2) is 35.4 Å². The zero-order valence-corrected chi connectivity index (χ0v) is 18.2. The van der Waals surface area contributed by atoms with Crippen LogP contribution >= 0.6 is 0 Å². The molecule has 0 aliphatic heterocycles. The Morgan fingerprint density at radius 1 is 0.970 bits per heavy atom. The van der Waals surface area contributed by atoms with E-state index in [1.54, 1.807) is 0 Å². The molecule has 4 N–H and O–H groups in total. The van der Waals surface area contributed by atoms with E-state index in [0.29, 0.717) is 31.4 Å². The Morgan fingerprint density at radius 3 is 2.30 bits per heavy atom. The summed E-state index contributed by atoms with van der Waals surface area (Å²) in [5, 5.41) is 16.0. The van der Waals surface area contributed by atoms with E-state index >= 15 is 0 Å². The van der Waals surface area contributed by atoms with Crippen molar-refractivity contribution in [2.45, 2.75) is 44.8 Å². The third-order valence-corrected chi connectivity index (χ3v) is 4.83. The minimum absolute atomic E-state index is 0.0580. The highest BCUT2D eigenvalue weighted by molar-refractivity contribution is 5.86. The van der Waals surface area contributed by atoms with Crippen molar-refractivity contribution in [1.82, 2.24) is 10.6 Å². The van der Waals surface area contributed by atoms with Crippen molar-refractivity contribution < 1.29 is 24.0 Å². The van der Waals surface area contributed by atoms with Gasteiger partial charge in [-0.25, -0.2) is 4.79 Å². The molecule has 0 unspecified atom stereocenters. The van der Waals surface area contributed by atoms with Gasteiger partial charge in [0, 0.05) is 31.5 Å². The lowest BCUT2D eigenvalue weighted by molar-refractivity contribution is -0.384. The molecular formula is C23H28N4O6. The summed E-state index contributed by atoms with van der Waals surface area (Å²) in [7, 11) is 0. The third kappa shape index (κ3) is 9.81. The number of amides is 3. The lowest BCUT2D eigenvalue weighted by Crippen LogP contribution is -2.45. The van der Waals surface area contributed by atoms with E-state index in [9.17, 15) is 24.5 Å². The van der Waals surface area contributed by atoms with E-state index in [1.165, 1.54) is 24.3 Å². The Morgan fingerprint density at radius 2 is 1.67 bits per heavy atom. The average Bonchev–Trinajstić information content (AvgIpc) is 2.80. The average molecular weight is 456 g/mol. The number of nitrogens with one attached hydrogen (secondary N) is 2. The molecular weight excluding hydrogens is 428 g/mol. The summed E-state index contributed by atoms with van der Waals surface area (Å²) in [4.78, 5) is 45.7. The Hall–Kier alpha value is -3.95. The number of rotatable bonds is 13. The lowest BCUT2D eigenvalue weighted by atomic mass is 10.0. The van der Waals surface area contributed by atoms with Gasteiger partial charge in [-0.1, -0.05) is 48.9 Å². The number of ether oxygens (including phenoxy) is 1. The summed E-state index contributed by atoms with van der Waals surface area (Å²) in [6, 6.07) is 14.2. The first kappa shape index (κ1) is 25.3. The Bertz CT molecular complexity index is 934. The van der Waals surface area contributed by atoms with Gasteiger partial charge in [0.1, 0.15) is 12.6 Å². The van der Waals surface area contributed by atoms with E-state index in [2.05, 4.69) is 10.6 Å². The zero-order chi connectivity index (χ0) is 24.1. The molecule has 10 nitrogen and oxygen atoms in total. The number of nitro groups is 1. The number of non-ortho nitro benzene ring substituents is 1. The minimum Gasteiger partial charge on any atom is -0.445 e. The van der Waals surface area contributed by atoms with Crippen LogP contribution in [-0.2, 0) is 27.4 Å². The van der Waals surface area contributed by atoms with E-state index in [-0.39, 0.29) is 31.0 Å². The second kappa shape index (κ2) is 13.5. The topological polar surface area (TPSA) is 154 Å². The van der Waals surface area contributed by atoms with Crippen molar-refractivity contribution in [2.24, 2.45) is 5.73 Å². The first-order chi connectivity index (χ1) is 15.8. The summed E-state index contributed by atoms with van der Waals surface area (Å²) in [6.45, 7) is 0.632. The summed E-state index contributed by atoms with van der Waals surface area (Å²) in [5.41, 5.74) is 6.88. The standard InChI is InChI=1S/C23H28N4O6/c24-22(29)20(15-17-10-12-19(13-11-17)27(31)32)26-21(28)9-5-2-6-14-25-23(30)33-16-18-7-3-1-4-8-18/h1,3-4,7-8,10-13,20H,2,5-6,9,14-16H2,(H2,24,29)(H,25,30)(H,26,28)/t20-/m1/s1. The molecule has 0 bridgehead atoms. The van der Waals surface area contributed by atoms with Crippen LogP contribution < -0.4 is 16.4 Å². The van der Waals surface area contributed by atoms with Gasteiger partial charge in [0.15, 0.2) is 0 Å². The molecule has 0 heterocycles. The first-order valence-corrected chi connectivity index (χ1v) is 10.6. The molecule has 1 atom stereocenters. The van der Waals surface area contributed by atoms with Crippen molar-refractivity contribution in [3.05, 3.63) is 75.8 Å². The molecule has 2 aromatic rings. The smallest absolute Gasteiger partial charge is 0.407 e. The summed E-state index contributed by atoms with van der Waals surface area (Å²) in [5.74, 6) is -0.990. The highest BCUT2D eigenvalue weighted by atomic mass is 16.6. The van der Waals surface area contributed by atoms with Gasteiger partial charge in [0.2, 0.25) is 11.8 Å². The molecule has 33 heavy (non-hydrogen) atoms. The summed E-state index contributed by atoms with van der Waals surface area (Å²) in [6.07, 6.45) is 1.82. The monoisotopic (exact) mass is 456 g/mol. The maximum Gasteiger partial charge on any atom is 0.407 e. The third-order valence-electron chi connectivity index (χ3n) is 4.83. The Kier molecular flexibility index (Phi) is 10.3. The Balaban J connectivity index is 1.61. The fourth-order valence-electron chi connectivity index (χ4n) is 3.03. The molecule has 0 fully saturated rings. The van der Waals surface area contributed by atoms with Crippen LogP contribution in [0.3, 0.4) is 0 Å². The van der Waals surface area contributed by atoms with Crippen LogP contribution in [0.2, 0.25) is 0 Å². The van der Waals surface area contributed by atoms with Gasteiger partial charge in [-0.15, -0.1) is 0 Å².